The number of hydrogen-bond donors (Lipinski definition) is 1. The fraction of sp³-hybridized carbons (Fsp3) is 0.556. The van der Waals surface area contributed by atoms with E-state index in [1.807, 2.05) is 12.1 Å². The van der Waals surface area contributed by atoms with E-state index in [1.54, 1.807) is 12.1 Å². The number of carbonyl (C=O) groups is 2. The second kappa shape index (κ2) is 7.57. The van der Waals surface area contributed by atoms with Crippen molar-refractivity contribution in [2.24, 2.45) is 11.8 Å². The Morgan fingerprint density at radius 2 is 1.42 bits per heavy atom. The lowest BCUT2D eigenvalue weighted by Crippen LogP contribution is -2.22. The molecule has 4 unspecified atom stereocenters. The third kappa shape index (κ3) is 3.75. The average molecular weight is 348 g/mol. The van der Waals surface area contributed by atoms with Gasteiger partial charge >= 0.3 is 0 Å². The molecule has 1 aromatic rings. The average Bonchev–Trinajstić information content (AvgIpc) is 2.84. The zero-order chi connectivity index (χ0) is 17.1. The van der Waals surface area contributed by atoms with Crippen LogP contribution in [0.5, 0.6) is 0 Å². The van der Waals surface area contributed by atoms with E-state index in [4.69, 9.17) is 0 Å². The smallest absolute Gasteiger partial charge is 0.230 e. The number of fused-ring (bicyclic) bond motifs is 1. The van der Waals surface area contributed by atoms with Crippen LogP contribution < -0.4 is 5.32 Å². The summed E-state index contributed by atoms with van der Waals surface area (Å²) in [5.41, 5.74) is 1.16. The predicted molar refractivity (Wildman–Crippen MR) is 88.8 cm³/mol. The van der Waals surface area contributed by atoms with Gasteiger partial charge in [0.05, 0.1) is 0 Å². The van der Waals surface area contributed by atoms with Crippen molar-refractivity contribution in [2.75, 3.05) is 0 Å². The number of hydrogen-bond acceptors (Lipinski definition) is 4. The third-order valence-electron chi connectivity index (χ3n) is 5.34. The number of imide groups is 1. The molecule has 1 aromatic carbocycles. The monoisotopic (exact) mass is 348 g/mol. The molecule has 2 aliphatic rings. The van der Waals surface area contributed by atoms with E-state index in [0.29, 0.717) is 10.8 Å². The van der Waals surface area contributed by atoms with Crippen molar-refractivity contribution < 1.29 is 18.4 Å². The second-order valence-electron chi connectivity index (χ2n) is 6.78. The topological polar surface area (TPSA) is 86.3 Å². The summed E-state index contributed by atoms with van der Waals surface area (Å²) < 4.78 is 21.9. The van der Waals surface area contributed by atoms with Crippen molar-refractivity contribution in [2.45, 2.75) is 55.8 Å². The van der Waals surface area contributed by atoms with Crippen molar-refractivity contribution in [3.63, 3.8) is 0 Å². The van der Waals surface area contributed by atoms with Gasteiger partial charge in [-0.25, -0.2) is 0 Å². The molecule has 0 spiro atoms. The van der Waals surface area contributed by atoms with E-state index in [0.717, 1.165) is 50.5 Å². The van der Waals surface area contributed by atoms with Crippen molar-refractivity contribution in [3.05, 3.63) is 29.8 Å². The Balaban J connectivity index is 1.68. The lowest BCUT2D eigenvalue weighted by molar-refractivity contribution is -0.126. The molecular weight excluding hydrogens is 326 g/mol. The van der Waals surface area contributed by atoms with Crippen LogP contribution in [-0.2, 0) is 20.7 Å². The Bertz CT molecular complexity index is 643. The fourth-order valence-corrected chi connectivity index (χ4v) is 4.36. The highest BCUT2D eigenvalue weighted by molar-refractivity contribution is 7.79. The number of benzene rings is 1. The van der Waals surface area contributed by atoms with E-state index in [9.17, 15) is 18.4 Å². The largest absolute Gasteiger partial charge is 0.768 e. The van der Waals surface area contributed by atoms with Crippen LogP contribution in [0.15, 0.2) is 29.2 Å². The molecule has 3 rings (SSSR count). The Hall–Kier alpha value is -1.53. The van der Waals surface area contributed by atoms with E-state index in [2.05, 4.69) is 5.32 Å². The van der Waals surface area contributed by atoms with Gasteiger partial charge < -0.3 is 4.55 Å². The van der Waals surface area contributed by atoms with Crippen molar-refractivity contribution in [1.29, 1.82) is 0 Å². The second-order valence-corrected chi connectivity index (χ2v) is 7.72. The molecule has 0 radical (unpaired) electrons. The number of rotatable bonds is 2. The van der Waals surface area contributed by atoms with Crippen LogP contribution in [0.4, 0.5) is 0 Å². The predicted octanol–water partition coefficient (Wildman–Crippen LogP) is 2.64. The fourth-order valence-electron chi connectivity index (χ4n) is 4.00. The van der Waals surface area contributed by atoms with Gasteiger partial charge in [0, 0.05) is 16.7 Å². The Kier molecular flexibility index (Phi) is 5.46. The first-order valence-corrected chi connectivity index (χ1v) is 9.67. The molecule has 130 valence electrons. The molecule has 5 nitrogen and oxygen atoms in total. The van der Waals surface area contributed by atoms with Crippen LogP contribution in [0.2, 0.25) is 0 Å². The summed E-state index contributed by atoms with van der Waals surface area (Å²) >= 11 is -2.19. The maximum atomic E-state index is 11.9. The Morgan fingerprint density at radius 3 is 2.04 bits per heavy atom. The van der Waals surface area contributed by atoms with Crippen LogP contribution >= 0.6 is 0 Å². The first-order valence-electron chi connectivity index (χ1n) is 8.60. The minimum atomic E-state index is -2.19. The highest BCUT2D eigenvalue weighted by Crippen LogP contribution is 2.35. The molecule has 4 atom stereocenters. The van der Waals surface area contributed by atoms with Gasteiger partial charge in [0.1, 0.15) is 0 Å². The minimum Gasteiger partial charge on any atom is -0.768 e. The van der Waals surface area contributed by atoms with Crippen molar-refractivity contribution in [3.8, 4) is 0 Å². The standard InChI is InChI=1S/C18H23NO4S/c20-17-15-6-2-1-4-12(5-3-7-16(15)18(21)19-17)13-8-10-14(11-9-13)24(22)23/h8-12,15-16H,1-7H2,(H,22,23)(H,19,20,21)/p-1. The number of nitrogens with one attached hydrogen (secondary N) is 1. The van der Waals surface area contributed by atoms with Gasteiger partial charge in [0.2, 0.25) is 11.8 Å². The SMILES string of the molecule is O=C1NC(=O)C2CCCC(c3ccc(S(=O)[O-])cc3)CCCCC12. The maximum Gasteiger partial charge on any atom is 0.230 e. The van der Waals surface area contributed by atoms with Gasteiger partial charge in [-0.15, -0.1) is 0 Å². The summed E-state index contributed by atoms with van der Waals surface area (Å²) in [5.74, 6) is -0.120. The summed E-state index contributed by atoms with van der Waals surface area (Å²) in [6.07, 6.45) is 6.40. The quantitative estimate of drug-likeness (QED) is 0.657. The van der Waals surface area contributed by atoms with E-state index < -0.39 is 11.1 Å². The molecule has 2 fully saturated rings. The highest BCUT2D eigenvalue weighted by Gasteiger charge is 2.40. The van der Waals surface area contributed by atoms with Gasteiger partial charge in [-0.1, -0.05) is 31.4 Å². The van der Waals surface area contributed by atoms with Gasteiger partial charge in [-0.3, -0.25) is 19.1 Å². The zero-order valence-electron chi connectivity index (χ0n) is 13.5. The molecule has 6 heteroatoms. The zero-order valence-corrected chi connectivity index (χ0v) is 14.3. The van der Waals surface area contributed by atoms with Crippen LogP contribution in [0.25, 0.3) is 0 Å². The number of amides is 2. The van der Waals surface area contributed by atoms with E-state index >= 15 is 0 Å². The van der Waals surface area contributed by atoms with Crippen LogP contribution in [0.1, 0.15) is 56.4 Å². The van der Waals surface area contributed by atoms with Crippen molar-refractivity contribution >= 4 is 22.9 Å². The van der Waals surface area contributed by atoms with Crippen LogP contribution in [0.3, 0.4) is 0 Å². The van der Waals surface area contributed by atoms with Gasteiger partial charge in [-0.2, -0.15) is 0 Å². The Morgan fingerprint density at radius 1 is 0.875 bits per heavy atom. The van der Waals surface area contributed by atoms with Crippen LogP contribution in [0, 0.1) is 11.8 Å². The summed E-state index contributed by atoms with van der Waals surface area (Å²) in [7, 11) is 0. The van der Waals surface area contributed by atoms with Crippen LogP contribution in [-0.4, -0.2) is 20.6 Å². The maximum absolute atomic E-state index is 11.9. The van der Waals surface area contributed by atoms with E-state index in [-0.39, 0.29) is 23.7 Å². The molecule has 1 saturated heterocycles. The lowest BCUT2D eigenvalue weighted by Gasteiger charge is -2.22. The first kappa shape index (κ1) is 17.3. The molecule has 0 bridgehead atoms. The van der Waals surface area contributed by atoms with E-state index in [1.165, 1.54) is 0 Å². The third-order valence-corrected chi connectivity index (χ3v) is 5.99. The Labute approximate surface area is 144 Å². The minimum absolute atomic E-state index is 0.0941. The molecule has 24 heavy (non-hydrogen) atoms. The van der Waals surface area contributed by atoms with Gasteiger partial charge in [0.15, 0.2) is 0 Å². The van der Waals surface area contributed by atoms with Gasteiger partial charge in [0.25, 0.3) is 0 Å². The molecule has 1 heterocycles. The molecule has 2 amide bonds. The molecule has 1 saturated carbocycles. The van der Waals surface area contributed by atoms with Crippen molar-refractivity contribution in [1.82, 2.24) is 5.32 Å². The molecule has 1 aliphatic heterocycles. The molecular formula is C18H22NO4S-. The molecule has 0 aromatic heterocycles. The lowest BCUT2D eigenvalue weighted by atomic mass is 9.81. The molecule has 1 aliphatic carbocycles. The summed E-state index contributed by atoms with van der Waals surface area (Å²) in [6, 6.07) is 7.10. The summed E-state index contributed by atoms with van der Waals surface area (Å²) in [5, 5.41) is 2.48. The summed E-state index contributed by atoms with van der Waals surface area (Å²) in [6.45, 7) is 0. The number of carbonyl (C=O) groups excluding carboxylic acids is 2. The molecule has 1 N–H and O–H groups in total. The van der Waals surface area contributed by atoms with Gasteiger partial charge in [-0.05, 0) is 60.4 Å². The first-order chi connectivity index (χ1) is 11.6. The highest BCUT2D eigenvalue weighted by atomic mass is 32.2. The summed E-state index contributed by atoms with van der Waals surface area (Å²) in [4.78, 5) is 24.1. The normalized spacial score (nSPS) is 29.6.